The largest absolute Gasteiger partial charge is 0.484 e. The van der Waals surface area contributed by atoms with Crippen LogP contribution in [0.3, 0.4) is 0 Å². The zero-order valence-corrected chi connectivity index (χ0v) is 11.4. The highest BCUT2D eigenvalue weighted by atomic mass is 32.1. The lowest BCUT2D eigenvalue weighted by molar-refractivity contribution is 0.307. The SMILES string of the molecule is Cc1nn(C)cc1OCc1cnc(C(C)C)s1. The van der Waals surface area contributed by atoms with Crippen LogP contribution in [-0.2, 0) is 13.7 Å². The smallest absolute Gasteiger partial charge is 0.160 e. The lowest BCUT2D eigenvalue weighted by atomic mass is 10.2. The van der Waals surface area contributed by atoms with Crippen molar-refractivity contribution in [3.63, 3.8) is 0 Å². The minimum Gasteiger partial charge on any atom is -0.484 e. The van der Waals surface area contributed by atoms with Crippen molar-refractivity contribution in [3.05, 3.63) is 28.0 Å². The highest BCUT2D eigenvalue weighted by molar-refractivity contribution is 7.11. The Bertz CT molecular complexity index is 502. The summed E-state index contributed by atoms with van der Waals surface area (Å²) in [7, 11) is 1.89. The third-order valence-electron chi connectivity index (χ3n) is 2.40. The van der Waals surface area contributed by atoms with E-state index in [-0.39, 0.29) is 0 Å². The second kappa shape index (κ2) is 4.87. The molecule has 0 radical (unpaired) electrons. The lowest BCUT2D eigenvalue weighted by Crippen LogP contribution is -1.92. The normalized spacial score (nSPS) is 11.1. The summed E-state index contributed by atoms with van der Waals surface area (Å²) in [5, 5.41) is 5.40. The first kappa shape index (κ1) is 12.1. The fourth-order valence-corrected chi connectivity index (χ4v) is 2.36. The van der Waals surface area contributed by atoms with E-state index in [1.54, 1.807) is 16.0 Å². The molecule has 0 saturated heterocycles. The highest BCUT2D eigenvalue weighted by Crippen LogP contribution is 2.23. The van der Waals surface area contributed by atoms with E-state index in [0.29, 0.717) is 12.5 Å². The molecule has 92 valence electrons. The third kappa shape index (κ3) is 2.85. The van der Waals surface area contributed by atoms with Gasteiger partial charge < -0.3 is 4.74 Å². The second-order valence-electron chi connectivity index (χ2n) is 4.36. The molecule has 4 nitrogen and oxygen atoms in total. The van der Waals surface area contributed by atoms with E-state index in [0.717, 1.165) is 21.3 Å². The van der Waals surface area contributed by atoms with Crippen molar-refractivity contribution in [1.29, 1.82) is 0 Å². The van der Waals surface area contributed by atoms with E-state index in [2.05, 4.69) is 23.9 Å². The van der Waals surface area contributed by atoms with Gasteiger partial charge in [-0.25, -0.2) is 4.98 Å². The maximum absolute atomic E-state index is 5.72. The second-order valence-corrected chi connectivity index (χ2v) is 5.51. The Morgan fingerprint density at radius 1 is 1.47 bits per heavy atom. The first-order valence-corrected chi connectivity index (χ1v) is 6.45. The monoisotopic (exact) mass is 251 g/mol. The molecule has 0 aliphatic heterocycles. The fraction of sp³-hybridized carbons (Fsp3) is 0.500. The van der Waals surface area contributed by atoms with Crippen LogP contribution in [0.15, 0.2) is 12.4 Å². The number of rotatable bonds is 4. The summed E-state index contributed by atoms with van der Waals surface area (Å²) in [6.07, 6.45) is 3.78. The number of aryl methyl sites for hydroxylation is 2. The predicted molar refractivity (Wildman–Crippen MR) is 68.5 cm³/mol. The number of nitrogens with zero attached hydrogens (tertiary/aromatic N) is 3. The first-order valence-electron chi connectivity index (χ1n) is 5.64. The van der Waals surface area contributed by atoms with Crippen LogP contribution >= 0.6 is 11.3 Å². The van der Waals surface area contributed by atoms with Crippen molar-refractivity contribution in [2.45, 2.75) is 33.3 Å². The van der Waals surface area contributed by atoms with Crippen LogP contribution in [0.5, 0.6) is 5.75 Å². The lowest BCUT2D eigenvalue weighted by Gasteiger charge is -2.01. The third-order valence-corrected chi connectivity index (χ3v) is 3.68. The van der Waals surface area contributed by atoms with Crippen molar-refractivity contribution in [3.8, 4) is 5.75 Å². The Morgan fingerprint density at radius 2 is 2.24 bits per heavy atom. The standard InChI is InChI=1S/C12H17N3OS/c1-8(2)12-13-5-10(17-12)7-16-11-6-15(4)14-9(11)3/h5-6,8H,7H2,1-4H3. The maximum Gasteiger partial charge on any atom is 0.160 e. The summed E-state index contributed by atoms with van der Waals surface area (Å²) in [6.45, 7) is 6.81. The number of hydrogen-bond acceptors (Lipinski definition) is 4. The van der Waals surface area contributed by atoms with E-state index in [1.807, 2.05) is 26.4 Å². The average Bonchev–Trinajstić information content (AvgIpc) is 2.82. The summed E-state index contributed by atoms with van der Waals surface area (Å²) >= 11 is 1.71. The van der Waals surface area contributed by atoms with Crippen LogP contribution in [0, 0.1) is 6.92 Å². The molecule has 2 rings (SSSR count). The fourth-order valence-electron chi connectivity index (χ4n) is 1.52. The zero-order chi connectivity index (χ0) is 12.4. The van der Waals surface area contributed by atoms with Gasteiger partial charge >= 0.3 is 0 Å². The van der Waals surface area contributed by atoms with Crippen molar-refractivity contribution < 1.29 is 4.74 Å². The molecule has 0 aromatic carbocycles. The minimum atomic E-state index is 0.480. The molecule has 5 heteroatoms. The minimum absolute atomic E-state index is 0.480. The molecule has 2 aromatic rings. The number of thiazole rings is 1. The molecular formula is C12H17N3OS. The average molecular weight is 251 g/mol. The highest BCUT2D eigenvalue weighted by Gasteiger charge is 2.08. The molecule has 17 heavy (non-hydrogen) atoms. The Hall–Kier alpha value is -1.36. The molecule has 0 atom stereocenters. The van der Waals surface area contributed by atoms with Crippen molar-refractivity contribution in [2.24, 2.45) is 7.05 Å². The molecule has 0 fully saturated rings. The van der Waals surface area contributed by atoms with E-state index >= 15 is 0 Å². The quantitative estimate of drug-likeness (QED) is 0.839. The Balaban J connectivity index is 2.00. The van der Waals surface area contributed by atoms with Gasteiger partial charge in [0.2, 0.25) is 0 Å². The van der Waals surface area contributed by atoms with Crippen molar-refractivity contribution in [2.75, 3.05) is 0 Å². The van der Waals surface area contributed by atoms with Crippen LogP contribution in [0.4, 0.5) is 0 Å². The molecule has 2 aromatic heterocycles. The van der Waals surface area contributed by atoms with Gasteiger partial charge in [0.1, 0.15) is 12.3 Å². The van der Waals surface area contributed by atoms with Crippen LogP contribution in [0.2, 0.25) is 0 Å². The van der Waals surface area contributed by atoms with Gasteiger partial charge in [-0.15, -0.1) is 11.3 Å². The van der Waals surface area contributed by atoms with Gasteiger partial charge in [0, 0.05) is 19.2 Å². The summed E-state index contributed by atoms with van der Waals surface area (Å²) < 4.78 is 7.48. The molecule has 0 N–H and O–H groups in total. The summed E-state index contributed by atoms with van der Waals surface area (Å²) in [5.74, 6) is 1.32. The molecular weight excluding hydrogens is 234 g/mol. The molecule has 0 unspecified atom stereocenters. The van der Waals surface area contributed by atoms with E-state index in [4.69, 9.17) is 4.74 Å². The van der Waals surface area contributed by atoms with Gasteiger partial charge in [-0.2, -0.15) is 5.10 Å². The number of hydrogen-bond donors (Lipinski definition) is 0. The van der Waals surface area contributed by atoms with Crippen LogP contribution in [0.25, 0.3) is 0 Å². The van der Waals surface area contributed by atoms with Gasteiger partial charge in [0.15, 0.2) is 5.75 Å². The molecule has 0 aliphatic carbocycles. The maximum atomic E-state index is 5.72. The van der Waals surface area contributed by atoms with E-state index in [1.165, 1.54) is 0 Å². The Labute approximate surface area is 105 Å². The summed E-state index contributed by atoms with van der Waals surface area (Å²) in [4.78, 5) is 5.52. The topological polar surface area (TPSA) is 39.9 Å². The molecule has 0 amide bonds. The molecule has 0 spiro atoms. The number of ether oxygens (including phenoxy) is 1. The van der Waals surface area contributed by atoms with Gasteiger partial charge in [-0.1, -0.05) is 13.8 Å². The molecule has 0 saturated carbocycles. The van der Waals surface area contributed by atoms with Gasteiger partial charge in [-0.05, 0) is 6.92 Å². The molecule has 0 aliphatic rings. The Morgan fingerprint density at radius 3 is 2.76 bits per heavy atom. The summed E-state index contributed by atoms with van der Waals surface area (Å²) in [5.41, 5.74) is 0.918. The Kier molecular flexibility index (Phi) is 3.47. The van der Waals surface area contributed by atoms with Gasteiger partial charge in [-0.3, -0.25) is 4.68 Å². The van der Waals surface area contributed by atoms with Crippen LogP contribution in [-0.4, -0.2) is 14.8 Å². The van der Waals surface area contributed by atoms with E-state index in [9.17, 15) is 0 Å². The van der Waals surface area contributed by atoms with Crippen LogP contribution in [0.1, 0.15) is 35.3 Å². The van der Waals surface area contributed by atoms with Crippen molar-refractivity contribution in [1.82, 2.24) is 14.8 Å². The van der Waals surface area contributed by atoms with Gasteiger partial charge in [0.05, 0.1) is 16.1 Å². The van der Waals surface area contributed by atoms with Gasteiger partial charge in [0.25, 0.3) is 0 Å². The predicted octanol–water partition coefficient (Wildman–Crippen LogP) is 2.89. The number of aromatic nitrogens is 3. The molecule has 2 heterocycles. The zero-order valence-electron chi connectivity index (χ0n) is 10.6. The van der Waals surface area contributed by atoms with Crippen molar-refractivity contribution >= 4 is 11.3 Å². The molecule has 0 bridgehead atoms. The first-order chi connectivity index (χ1) is 8.06. The van der Waals surface area contributed by atoms with E-state index < -0.39 is 0 Å². The van der Waals surface area contributed by atoms with Crippen LogP contribution < -0.4 is 4.74 Å². The summed E-state index contributed by atoms with van der Waals surface area (Å²) in [6, 6.07) is 0.